The lowest BCUT2D eigenvalue weighted by molar-refractivity contribution is -0.118. The molecule has 0 unspecified atom stereocenters. The Bertz CT molecular complexity index is 1000. The predicted molar refractivity (Wildman–Crippen MR) is 95.8 cm³/mol. The first-order chi connectivity index (χ1) is 11.8. The van der Waals surface area contributed by atoms with Crippen LogP contribution in [0, 0.1) is 0 Å². The smallest absolute Gasteiger partial charge is 0.243 e. The first-order valence-corrected chi connectivity index (χ1v) is 8.10. The molecule has 0 saturated heterocycles. The van der Waals surface area contributed by atoms with Gasteiger partial charge in [-0.25, -0.2) is 0 Å². The van der Waals surface area contributed by atoms with Crippen molar-refractivity contribution < 1.29 is 4.79 Å². The Hall–Kier alpha value is -3.13. The van der Waals surface area contributed by atoms with Crippen molar-refractivity contribution in [2.45, 2.75) is 5.41 Å². The minimum atomic E-state index is -0.724. The third-order valence-electron chi connectivity index (χ3n) is 5.05. The van der Waals surface area contributed by atoms with Crippen molar-refractivity contribution in [1.82, 2.24) is 0 Å². The summed E-state index contributed by atoms with van der Waals surface area (Å²) in [5, 5.41) is 3.06. The van der Waals surface area contributed by atoms with Gasteiger partial charge in [0.25, 0.3) is 0 Å². The summed E-state index contributed by atoms with van der Waals surface area (Å²) in [6, 6.07) is 26.5. The number of anilines is 1. The zero-order chi connectivity index (χ0) is 16.1. The molecule has 3 aromatic carbocycles. The minimum absolute atomic E-state index is 0.0297. The largest absolute Gasteiger partial charge is 0.324 e. The van der Waals surface area contributed by atoms with Crippen LogP contribution < -0.4 is 5.32 Å². The molecule has 0 saturated carbocycles. The summed E-state index contributed by atoms with van der Waals surface area (Å²) in [5.74, 6) is 0.0297. The molecule has 0 bridgehead atoms. The Kier molecular flexibility index (Phi) is 2.60. The normalized spacial score (nSPS) is 20.5. The summed E-state index contributed by atoms with van der Waals surface area (Å²) >= 11 is 0. The lowest BCUT2D eigenvalue weighted by Gasteiger charge is -2.21. The van der Waals surface area contributed by atoms with Crippen LogP contribution in [0.1, 0.15) is 22.3 Å². The van der Waals surface area contributed by atoms with E-state index in [0.29, 0.717) is 0 Å². The summed E-state index contributed by atoms with van der Waals surface area (Å²) in [6.07, 6.45) is 2.13. The lowest BCUT2D eigenvalue weighted by atomic mass is 9.77. The van der Waals surface area contributed by atoms with Gasteiger partial charge in [0.1, 0.15) is 5.41 Å². The topological polar surface area (TPSA) is 29.1 Å². The fraction of sp³-hybridized carbons (Fsp3) is 0.0455. The number of nitrogens with one attached hydrogen (secondary N) is 1. The molecule has 0 aromatic heterocycles. The number of hydrogen-bond donors (Lipinski definition) is 1. The molecular weight excluding hydrogens is 294 g/mol. The highest BCUT2D eigenvalue weighted by atomic mass is 16.2. The molecular formula is C22H15NO. The molecule has 114 valence electrons. The van der Waals surface area contributed by atoms with Gasteiger partial charge in [-0.1, -0.05) is 78.9 Å². The fourth-order valence-electron chi connectivity index (χ4n) is 3.98. The molecule has 1 aliphatic carbocycles. The second kappa shape index (κ2) is 4.68. The summed E-state index contributed by atoms with van der Waals surface area (Å²) in [4.78, 5) is 13.0. The van der Waals surface area contributed by atoms with Gasteiger partial charge in [0.15, 0.2) is 0 Å². The number of carbonyl (C=O) groups excluding carboxylic acids is 1. The van der Waals surface area contributed by atoms with Gasteiger partial charge in [-0.3, -0.25) is 4.79 Å². The molecule has 0 radical (unpaired) electrons. The van der Waals surface area contributed by atoms with Gasteiger partial charge in [-0.15, -0.1) is 0 Å². The number of carbonyl (C=O) groups is 1. The third kappa shape index (κ3) is 1.57. The standard InChI is InChI=1S/C22H15NO/c24-21-22(19-12-6-7-13-20(19)23-21)14-17(15-8-2-1-3-9-15)16-10-4-5-11-18(16)22/h1-14H,(H,23,24)/t22-/m0/s1. The van der Waals surface area contributed by atoms with Gasteiger partial charge in [0.05, 0.1) is 0 Å². The van der Waals surface area contributed by atoms with E-state index in [4.69, 9.17) is 0 Å². The number of fused-ring (bicyclic) bond motifs is 4. The van der Waals surface area contributed by atoms with E-state index in [2.05, 4.69) is 41.7 Å². The molecule has 1 spiro atoms. The van der Waals surface area contributed by atoms with Crippen LogP contribution >= 0.6 is 0 Å². The van der Waals surface area contributed by atoms with E-state index in [9.17, 15) is 4.79 Å². The number of benzene rings is 3. The maximum absolute atomic E-state index is 13.0. The van der Waals surface area contributed by atoms with Crippen molar-refractivity contribution in [2.75, 3.05) is 5.32 Å². The van der Waals surface area contributed by atoms with Crippen molar-refractivity contribution in [1.29, 1.82) is 0 Å². The van der Waals surface area contributed by atoms with E-state index < -0.39 is 5.41 Å². The number of para-hydroxylation sites is 1. The van der Waals surface area contributed by atoms with Crippen LogP contribution in [0.2, 0.25) is 0 Å². The van der Waals surface area contributed by atoms with Gasteiger partial charge in [0.2, 0.25) is 5.91 Å². The van der Waals surface area contributed by atoms with Crippen LogP contribution in [0.25, 0.3) is 5.57 Å². The lowest BCUT2D eigenvalue weighted by Crippen LogP contribution is -2.32. The van der Waals surface area contributed by atoms with Crippen LogP contribution in [-0.2, 0) is 10.2 Å². The minimum Gasteiger partial charge on any atom is -0.324 e. The van der Waals surface area contributed by atoms with Crippen LogP contribution in [0.5, 0.6) is 0 Å². The van der Waals surface area contributed by atoms with Gasteiger partial charge < -0.3 is 5.32 Å². The van der Waals surface area contributed by atoms with E-state index in [1.165, 1.54) is 0 Å². The summed E-state index contributed by atoms with van der Waals surface area (Å²) in [6.45, 7) is 0. The maximum atomic E-state index is 13.0. The average Bonchev–Trinajstić information content (AvgIpc) is 3.13. The molecule has 1 amide bonds. The molecule has 1 aliphatic heterocycles. The zero-order valence-electron chi connectivity index (χ0n) is 13.0. The van der Waals surface area contributed by atoms with Crippen LogP contribution in [-0.4, -0.2) is 5.91 Å². The molecule has 1 atom stereocenters. The van der Waals surface area contributed by atoms with E-state index in [1.807, 2.05) is 48.5 Å². The highest BCUT2D eigenvalue weighted by Crippen LogP contribution is 2.52. The van der Waals surface area contributed by atoms with Crippen molar-refractivity contribution in [3.05, 3.63) is 107 Å². The van der Waals surface area contributed by atoms with Gasteiger partial charge in [0, 0.05) is 5.69 Å². The first kappa shape index (κ1) is 13.3. The van der Waals surface area contributed by atoms with E-state index in [-0.39, 0.29) is 5.91 Å². The molecule has 24 heavy (non-hydrogen) atoms. The molecule has 0 fully saturated rings. The van der Waals surface area contributed by atoms with Crippen LogP contribution in [0.3, 0.4) is 0 Å². The quantitative estimate of drug-likeness (QED) is 0.710. The van der Waals surface area contributed by atoms with Crippen LogP contribution in [0.4, 0.5) is 5.69 Å². The Labute approximate surface area is 140 Å². The molecule has 2 aliphatic rings. The fourth-order valence-corrected chi connectivity index (χ4v) is 3.98. The Morgan fingerprint density at radius 2 is 1.38 bits per heavy atom. The second-order valence-corrected chi connectivity index (χ2v) is 6.28. The summed E-state index contributed by atoms with van der Waals surface area (Å²) in [5.41, 5.74) is 5.67. The van der Waals surface area contributed by atoms with Crippen molar-refractivity contribution in [3.63, 3.8) is 0 Å². The van der Waals surface area contributed by atoms with E-state index in [0.717, 1.165) is 33.5 Å². The first-order valence-electron chi connectivity index (χ1n) is 8.10. The second-order valence-electron chi connectivity index (χ2n) is 6.28. The Morgan fingerprint density at radius 3 is 2.21 bits per heavy atom. The van der Waals surface area contributed by atoms with E-state index in [1.54, 1.807) is 0 Å². The van der Waals surface area contributed by atoms with Gasteiger partial charge in [-0.05, 0) is 33.9 Å². The van der Waals surface area contributed by atoms with Gasteiger partial charge >= 0.3 is 0 Å². The number of hydrogen-bond acceptors (Lipinski definition) is 1. The van der Waals surface area contributed by atoms with Crippen LogP contribution in [0.15, 0.2) is 84.9 Å². The number of amides is 1. The number of rotatable bonds is 1. The Morgan fingerprint density at radius 1 is 0.708 bits per heavy atom. The SMILES string of the molecule is O=C1Nc2ccccc2[C@@]12C=C(c1ccccc1)c1ccccc12. The highest BCUT2D eigenvalue weighted by Gasteiger charge is 2.50. The highest BCUT2D eigenvalue weighted by molar-refractivity contribution is 6.14. The zero-order valence-corrected chi connectivity index (χ0v) is 13.0. The van der Waals surface area contributed by atoms with Crippen molar-refractivity contribution in [3.8, 4) is 0 Å². The molecule has 2 heteroatoms. The monoisotopic (exact) mass is 309 g/mol. The molecule has 3 aromatic rings. The summed E-state index contributed by atoms with van der Waals surface area (Å²) in [7, 11) is 0. The Balaban J connectivity index is 1.85. The summed E-state index contributed by atoms with van der Waals surface area (Å²) < 4.78 is 0. The van der Waals surface area contributed by atoms with Gasteiger partial charge in [-0.2, -0.15) is 0 Å². The van der Waals surface area contributed by atoms with E-state index >= 15 is 0 Å². The maximum Gasteiger partial charge on any atom is 0.243 e. The molecule has 1 heterocycles. The molecule has 5 rings (SSSR count). The molecule has 2 nitrogen and oxygen atoms in total. The van der Waals surface area contributed by atoms with Crippen molar-refractivity contribution >= 4 is 17.2 Å². The average molecular weight is 309 g/mol. The third-order valence-corrected chi connectivity index (χ3v) is 5.05. The van der Waals surface area contributed by atoms with Crippen molar-refractivity contribution in [2.24, 2.45) is 0 Å². The molecule has 1 N–H and O–H groups in total. The predicted octanol–water partition coefficient (Wildman–Crippen LogP) is 4.37.